The van der Waals surface area contributed by atoms with Gasteiger partial charge in [-0.3, -0.25) is 4.79 Å². The SMILES string of the molecule is CCn1c(COc2ccccc2Cl)nnc1SCC(=O)Nc1ccc(OC)cc1. The van der Waals surface area contributed by atoms with Crippen LogP contribution in [0.25, 0.3) is 0 Å². The van der Waals surface area contributed by atoms with Gasteiger partial charge in [0.15, 0.2) is 11.0 Å². The van der Waals surface area contributed by atoms with Crippen LogP contribution in [0.4, 0.5) is 5.69 Å². The van der Waals surface area contributed by atoms with Crippen molar-refractivity contribution in [1.29, 1.82) is 0 Å². The number of para-hydroxylation sites is 1. The fourth-order valence-electron chi connectivity index (χ4n) is 2.56. The molecule has 1 amide bonds. The number of halogens is 1. The minimum absolute atomic E-state index is 0.125. The van der Waals surface area contributed by atoms with Gasteiger partial charge in [0, 0.05) is 12.2 Å². The lowest BCUT2D eigenvalue weighted by Gasteiger charge is -2.10. The minimum Gasteiger partial charge on any atom is -0.497 e. The van der Waals surface area contributed by atoms with Crippen LogP contribution in [0.1, 0.15) is 12.7 Å². The highest BCUT2D eigenvalue weighted by Gasteiger charge is 2.14. The first-order valence-corrected chi connectivity index (χ1v) is 10.3. The van der Waals surface area contributed by atoms with Crippen LogP contribution >= 0.6 is 23.4 Å². The third kappa shape index (κ3) is 5.65. The largest absolute Gasteiger partial charge is 0.497 e. The van der Waals surface area contributed by atoms with E-state index >= 15 is 0 Å². The van der Waals surface area contributed by atoms with Crippen LogP contribution in [0.3, 0.4) is 0 Å². The van der Waals surface area contributed by atoms with Crippen LogP contribution in [-0.2, 0) is 17.9 Å². The molecule has 0 radical (unpaired) electrons. The van der Waals surface area contributed by atoms with Gasteiger partial charge < -0.3 is 19.4 Å². The second-order valence-corrected chi connectivity index (χ2v) is 7.28. The third-order valence-corrected chi connectivity index (χ3v) is 5.29. The number of rotatable bonds is 9. The van der Waals surface area contributed by atoms with E-state index in [4.69, 9.17) is 21.1 Å². The molecule has 29 heavy (non-hydrogen) atoms. The highest BCUT2D eigenvalue weighted by atomic mass is 35.5. The highest BCUT2D eigenvalue weighted by molar-refractivity contribution is 7.99. The maximum absolute atomic E-state index is 12.2. The van der Waals surface area contributed by atoms with Crippen molar-refractivity contribution >= 4 is 35.0 Å². The van der Waals surface area contributed by atoms with Crippen LogP contribution in [-0.4, -0.2) is 33.5 Å². The molecule has 0 bridgehead atoms. The number of anilines is 1. The Bertz CT molecular complexity index is 963. The molecule has 9 heteroatoms. The lowest BCUT2D eigenvalue weighted by molar-refractivity contribution is -0.113. The summed E-state index contributed by atoms with van der Waals surface area (Å²) >= 11 is 7.44. The van der Waals surface area contributed by atoms with E-state index in [2.05, 4.69) is 15.5 Å². The topological polar surface area (TPSA) is 78.3 Å². The van der Waals surface area contributed by atoms with Gasteiger partial charge in [0.1, 0.15) is 18.1 Å². The van der Waals surface area contributed by atoms with Crippen molar-refractivity contribution in [2.75, 3.05) is 18.2 Å². The summed E-state index contributed by atoms with van der Waals surface area (Å²) < 4.78 is 12.8. The Kier molecular flexibility index (Phi) is 7.37. The van der Waals surface area contributed by atoms with Crippen molar-refractivity contribution in [3.05, 3.63) is 59.4 Å². The predicted molar refractivity (Wildman–Crippen MR) is 114 cm³/mol. The molecule has 0 atom stereocenters. The first-order valence-electron chi connectivity index (χ1n) is 8.96. The van der Waals surface area contributed by atoms with Gasteiger partial charge >= 0.3 is 0 Å². The number of hydrogen-bond donors (Lipinski definition) is 1. The molecule has 152 valence electrons. The smallest absolute Gasteiger partial charge is 0.234 e. The second kappa shape index (κ2) is 10.2. The zero-order chi connectivity index (χ0) is 20.6. The van der Waals surface area contributed by atoms with E-state index in [-0.39, 0.29) is 18.3 Å². The summed E-state index contributed by atoms with van der Waals surface area (Å²) in [5.74, 6) is 2.09. The fraction of sp³-hybridized carbons (Fsp3) is 0.250. The summed E-state index contributed by atoms with van der Waals surface area (Å²) in [5.41, 5.74) is 0.710. The molecule has 7 nitrogen and oxygen atoms in total. The number of carbonyl (C=O) groups excluding carboxylic acids is 1. The summed E-state index contributed by atoms with van der Waals surface area (Å²) in [4.78, 5) is 12.2. The van der Waals surface area contributed by atoms with Crippen LogP contribution in [0, 0.1) is 0 Å². The number of benzene rings is 2. The van der Waals surface area contributed by atoms with E-state index < -0.39 is 0 Å². The highest BCUT2D eigenvalue weighted by Crippen LogP contribution is 2.25. The zero-order valence-corrected chi connectivity index (χ0v) is 17.7. The van der Waals surface area contributed by atoms with Crippen LogP contribution in [0.2, 0.25) is 5.02 Å². The molecule has 1 N–H and O–H groups in total. The molecular formula is C20H21ClN4O3S. The lowest BCUT2D eigenvalue weighted by atomic mass is 10.3. The average Bonchev–Trinajstić information content (AvgIpc) is 3.14. The summed E-state index contributed by atoms with van der Waals surface area (Å²) in [7, 11) is 1.60. The molecule has 0 saturated carbocycles. The number of nitrogens with one attached hydrogen (secondary N) is 1. The monoisotopic (exact) mass is 432 g/mol. The Morgan fingerprint density at radius 3 is 2.62 bits per heavy atom. The van der Waals surface area contributed by atoms with Gasteiger partial charge in [-0.25, -0.2) is 0 Å². The third-order valence-electron chi connectivity index (χ3n) is 4.01. The van der Waals surface area contributed by atoms with Gasteiger partial charge in [0.25, 0.3) is 0 Å². The molecule has 0 fully saturated rings. The maximum atomic E-state index is 12.2. The maximum Gasteiger partial charge on any atom is 0.234 e. The van der Waals surface area contributed by atoms with E-state index in [1.54, 1.807) is 43.5 Å². The van der Waals surface area contributed by atoms with E-state index in [1.807, 2.05) is 23.6 Å². The average molecular weight is 433 g/mol. The summed E-state index contributed by atoms with van der Waals surface area (Å²) in [6, 6.07) is 14.4. The Hall–Kier alpha value is -2.71. The van der Waals surface area contributed by atoms with E-state index in [0.717, 1.165) is 5.75 Å². The number of aromatic nitrogens is 3. The Labute approximate surface area is 178 Å². The molecule has 3 rings (SSSR count). The molecule has 3 aromatic rings. The number of nitrogens with zero attached hydrogens (tertiary/aromatic N) is 3. The van der Waals surface area contributed by atoms with E-state index in [1.165, 1.54) is 11.8 Å². The van der Waals surface area contributed by atoms with Gasteiger partial charge in [-0.1, -0.05) is 35.5 Å². The quantitative estimate of drug-likeness (QED) is 0.509. The molecule has 0 aliphatic heterocycles. The number of ether oxygens (including phenoxy) is 2. The molecular weight excluding hydrogens is 412 g/mol. The molecule has 0 unspecified atom stereocenters. The van der Waals surface area contributed by atoms with E-state index in [9.17, 15) is 4.79 Å². The van der Waals surface area contributed by atoms with Crippen LogP contribution < -0.4 is 14.8 Å². The Balaban J connectivity index is 1.56. The Morgan fingerprint density at radius 1 is 1.17 bits per heavy atom. The Morgan fingerprint density at radius 2 is 1.93 bits per heavy atom. The minimum atomic E-state index is -0.125. The van der Waals surface area contributed by atoms with Gasteiger partial charge in [0.2, 0.25) is 5.91 Å². The summed E-state index contributed by atoms with van der Waals surface area (Å²) in [5, 5.41) is 12.4. The van der Waals surface area contributed by atoms with Crippen LogP contribution in [0.5, 0.6) is 11.5 Å². The molecule has 0 aliphatic rings. The first kappa shape index (κ1) is 21.0. The van der Waals surface area contributed by atoms with Gasteiger partial charge in [-0.2, -0.15) is 0 Å². The van der Waals surface area contributed by atoms with Crippen molar-refractivity contribution < 1.29 is 14.3 Å². The van der Waals surface area contributed by atoms with E-state index in [0.29, 0.717) is 34.0 Å². The number of carbonyl (C=O) groups is 1. The zero-order valence-electron chi connectivity index (χ0n) is 16.1. The molecule has 1 heterocycles. The van der Waals surface area contributed by atoms with Crippen molar-refractivity contribution in [3.8, 4) is 11.5 Å². The van der Waals surface area contributed by atoms with Crippen molar-refractivity contribution in [3.63, 3.8) is 0 Å². The van der Waals surface area contributed by atoms with Crippen molar-refractivity contribution in [1.82, 2.24) is 14.8 Å². The van der Waals surface area contributed by atoms with Crippen molar-refractivity contribution in [2.24, 2.45) is 0 Å². The summed E-state index contributed by atoms with van der Waals surface area (Å²) in [6.07, 6.45) is 0. The molecule has 0 aliphatic carbocycles. The van der Waals surface area contributed by atoms with Gasteiger partial charge in [-0.15, -0.1) is 10.2 Å². The van der Waals surface area contributed by atoms with Crippen molar-refractivity contribution in [2.45, 2.75) is 25.2 Å². The molecule has 0 spiro atoms. The second-order valence-electron chi connectivity index (χ2n) is 5.93. The fourth-order valence-corrected chi connectivity index (χ4v) is 3.57. The molecule has 0 saturated heterocycles. The van der Waals surface area contributed by atoms with Gasteiger partial charge in [-0.05, 0) is 43.3 Å². The molecule has 1 aromatic heterocycles. The summed E-state index contributed by atoms with van der Waals surface area (Å²) in [6.45, 7) is 2.89. The number of hydrogen-bond acceptors (Lipinski definition) is 6. The normalized spacial score (nSPS) is 10.6. The number of methoxy groups -OCH3 is 1. The number of amides is 1. The number of thioether (sulfide) groups is 1. The standard InChI is InChI=1S/C20H21ClN4O3S/c1-3-25-18(12-28-17-7-5-4-6-16(17)21)23-24-20(25)29-13-19(26)22-14-8-10-15(27-2)11-9-14/h4-11H,3,12-13H2,1-2H3,(H,22,26). The predicted octanol–water partition coefficient (Wildman–Crippen LogP) is 4.27. The first-order chi connectivity index (χ1) is 14.1. The molecule has 2 aromatic carbocycles. The van der Waals surface area contributed by atoms with Crippen LogP contribution in [0.15, 0.2) is 53.7 Å². The lowest BCUT2D eigenvalue weighted by Crippen LogP contribution is -2.15. The van der Waals surface area contributed by atoms with Gasteiger partial charge in [0.05, 0.1) is 17.9 Å².